The highest BCUT2D eigenvalue weighted by Crippen LogP contribution is 2.35. The van der Waals surface area contributed by atoms with Gasteiger partial charge in [-0.25, -0.2) is 4.98 Å². The first-order valence-corrected chi connectivity index (χ1v) is 6.27. The maximum atomic E-state index is 10.9. The molecule has 1 fully saturated rings. The van der Waals surface area contributed by atoms with Gasteiger partial charge in [-0.3, -0.25) is 10.1 Å². The third-order valence-electron chi connectivity index (χ3n) is 3.24. The molecule has 0 aliphatic heterocycles. The molecular formula is C12H18N4O2. The first kappa shape index (κ1) is 12.6. The zero-order chi connectivity index (χ0) is 13.1. The molecule has 1 heterocycles. The van der Waals surface area contributed by atoms with Crippen LogP contribution in [0.1, 0.15) is 32.6 Å². The van der Waals surface area contributed by atoms with Crippen molar-refractivity contribution in [2.24, 2.45) is 5.92 Å². The molecule has 1 aliphatic rings. The normalized spacial score (nSPS) is 16.3. The minimum atomic E-state index is -0.432. The summed E-state index contributed by atoms with van der Waals surface area (Å²) in [4.78, 5) is 14.5. The van der Waals surface area contributed by atoms with Crippen LogP contribution in [0.4, 0.5) is 17.3 Å². The van der Waals surface area contributed by atoms with Crippen LogP contribution in [-0.2, 0) is 0 Å². The van der Waals surface area contributed by atoms with Crippen molar-refractivity contribution in [1.82, 2.24) is 4.98 Å². The van der Waals surface area contributed by atoms with Gasteiger partial charge in [-0.2, -0.15) is 0 Å². The van der Waals surface area contributed by atoms with Gasteiger partial charge in [0.05, 0.1) is 4.92 Å². The molecule has 0 spiro atoms. The molecule has 0 radical (unpaired) electrons. The zero-order valence-electron chi connectivity index (χ0n) is 10.4. The molecule has 6 heteroatoms. The summed E-state index contributed by atoms with van der Waals surface area (Å²) < 4.78 is 0. The van der Waals surface area contributed by atoms with E-state index >= 15 is 0 Å². The highest BCUT2D eigenvalue weighted by Gasteiger charge is 2.26. The van der Waals surface area contributed by atoms with E-state index in [0.29, 0.717) is 5.82 Å². The fourth-order valence-electron chi connectivity index (χ4n) is 2.00. The van der Waals surface area contributed by atoms with Crippen LogP contribution in [-0.4, -0.2) is 15.9 Å². The second-order valence-corrected chi connectivity index (χ2v) is 4.79. The van der Waals surface area contributed by atoms with Gasteiger partial charge in [0.1, 0.15) is 5.82 Å². The molecule has 1 aliphatic carbocycles. The van der Waals surface area contributed by atoms with E-state index in [1.165, 1.54) is 25.0 Å². The molecule has 1 unspecified atom stereocenters. The van der Waals surface area contributed by atoms with Crippen LogP contribution in [0.15, 0.2) is 12.1 Å². The summed E-state index contributed by atoms with van der Waals surface area (Å²) >= 11 is 0. The quantitative estimate of drug-likeness (QED) is 0.597. The molecule has 98 valence electrons. The predicted octanol–water partition coefficient (Wildman–Crippen LogP) is 2.56. The van der Waals surface area contributed by atoms with Crippen LogP contribution in [0.5, 0.6) is 0 Å². The summed E-state index contributed by atoms with van der Waals surface area (Å²) in [5.74, 6) is 1.35. The largest absolute Gasteiger partial charge is 0.384 e. The van der Waals surface area contributed by atoms with Gasteiger partial charge in [0.2, 0.25) is 5.82 Å². The van der Waals surface area contributed by atoms with E-state index < -0.39 is 4.92 Å². The number of hydrogen-bond acceptors (Lipinski definition) is 5. The maximum Gasteiger partial charge on any atom is 0.311 e. The van der Waals surface area contributed by atoms with Crippen LogP contribution < -0.4 is 11.1 Å². The standard InChI is InChI=1S/C12H18N4O2/c1-2-9(7-8-3-4-8)14-12-10(16(17)18)5-6-11(13)15-12/h5-6,8-9H,2-4,7H2,1H3,(H3,13,14,15). The maximum absolute atomic E-state index is 10.9. The average Bonchev–Trinajstić information content (AvgIpc) is 3.11. The fourth-order valence-corrected chi connectivity index (χ4v) is 2.00. The van der Waals surface area contributed by atoms with Gasteiger partial charge in [-0.1, -0.05) is 19.8 Å². The lowest BCUT2D eigenvalue weighted by molar-refractivity contribution is -0.384. The number of pyridine rings is 1. The van der Waals surface area contributed by atoms with Crippen LogP contribution in [0, 0.1) is 16.0 Å². The van der Waals surface area contributed by atoms with Crippen molar-refractivity contribution >= 4 is 17.3 Å². The average molecular weight is 250 g/mol. The molecule has 0 aromatic carbocycles. The molecule has 1 aromatic rings. The van der Waals surface area contributed by atoms with Gasteiger partial charge < -0.3 is 11.1 Å². The lowest BCUT2D eigenvalue weighted by Gasteiger charge is -2.17. The third-order valence-corrected chi connectivity index (χ3v) is 3.24. The predicted molar refractivity (Wildman–Crippen MR) is 70.3 cm³/mol. The number of anilines is 2. The number of nitro groups is 1. The molecular weight excluding hydrogens is 232 g/mol. The fraction of sp³-hybridized carbons (Fsp3) is 0.583. The van der Waals surface area contributed by atoms with Gasteiger partial charge >= 0.3 is 5.69 Å². The molecule has 6 nitrogen and oxygen atoms in total. The molecule has 0 amide bonds. The zero-order valence-corrected chi connectivity index (χ0v) is 10.4. The highest BCUT2D eigenvalue weighted by molar-refractivity contribution is 5.59. The van der Waals surface area contributed by atoms with Gasteiger partial charge in [-0.15, -0.1) is 0 Å². The van der Waals surface area contributed by atoms with Crippen molar-refractivity contribution in [3.63, 3.8) is 0 Å². The van der Waals surface area contributed by atoms with Crippen LogP contribution in [0.2, 0.25) is 0 Å². The van der Waals surface area contributed by atoms with Crippen molar-refractivity contribution in [3.05, 3.63) is 22.2 Å². The Hall–Kier alpha value is -1.85. The van der Waals surface area contributed by atoms with Crippen molar-refractivity contribution < 1.29 is 4.92 Å². The number of aromatic nitrogens is 1. The summed E-state index contributed by atoms with van der Waals surface area (Å²) in [6, 6.07) is 3.07. The van der Waals surface area contributed by atoms with E-state index in [4.69, 9.17) is 5.73 Å². The van der Waals surface area contributed by atoms with E-state index in [1.807, 2.05) is 0 Å². The van der Waals surface area contributed by atoms with Gasteiger partial charge in [-0.05, 0) is 24.8 Å². The van der Waals surface area contributed by atoms with Gasteiger partial charge in [0.15, 0.2) is 0 Å². The Kier molecular flexibility index (Phi) is 3.64. The Balaban J connectivity index is 2.14. The molecule has 1 aromatic heterocycles. The summed E-state index contributed by atoms with van der Waals surface area (Å²) in [5.41, 5.74) is 5.57. The number of rotatable bonds is 6. The monoisotopic (exact) mass is 250 g/mol. The Morgan fingerprint density at radius 2 is 2.33 bits per heavy atom. The summed E-state index contributed by atoms with van der Waals surface area (Å²) in [6.45, 7) is 2.07. The van der Waals surface area contributed by atoms with Crippen molar-refractivity contribution in [2.45, 2.75) is 38.6 Å². The smallest absolute Gasteiger partial charge is 0.311 e. The third kappa shape index (κ3) is 3.09. The SMILES string of the molecule is CCC(CC1CC1)Nc1nc(N)ccc1[N+](=O)[O-]. The number of nitrogen functional groups attached to an aromatic ring is 1. The molecule has 3 N–H and O–H groups in total. The van der Waals surface area contributed by atoms with E-state index in [1.54, 1.807) is 0 Å². The number of nitrogens with zero attached hydrogens (tertiary/aromatic N) is 2. The number of nitrogens with one attached hydrogen (secondary N) is 1. The van der Waals surface area contributed by atoms with E-state index in [-0.39, 0.29) is 17.5 Å². The molecule has 2 rings (SSSR count). The minimum Gasteiger partial charge on any atom is -0.384 e. The van der Waals surface area contributed by atoms with Crippen LogP contribution in [0.3, 0.4) is 0 Å². The van der Waals surface area contributed by atoms with E-state index in [9.17, 15) is 10.1 Å². The molecule has 1 atom stereocenters. The first-order valence-electron chi connectivity index (χ1n) is 6.27. The van der Waals surface area contributed by atoms with E-state index in [0.717, 1.165) is 18.8 Å². The minimum absolute atomic E-state index is 0.0153. The molecule has 0 bridgehead atoms. The van der Waals surface area contributed by atoms with E-state index in [2.05, 4.69) is 17.2 Å². The first-order chi connectivity index (χ1) is 8.60. The van der Waals surface area contributed by atoms with Crippen molar-refractivity contribution in [1.29, 1.82) is 0 Å². The second-order valence-electron chi connectivity index (χ2n) is 4.79. The summed E-state index contributed by atoms with van der Waals surface area (Å²) in [7, 11) is 0. The Bertz CT molecular complexity index is 446. The Morgan fingerprint density at radius 3 is 2.89 bits per heavy atom. The van der Waals surface area contributed by atoms with Crippen LogP contribution >= 0.6 is 0 Å². The Morgan fingerprint density at radius 1 is 1.61 bits per heavy atom. The van der Waals surface area contributed by atoms with Gasteiger partial charge in [0, 0.05) is 12.1 Å². The summed E-state index contributed by atoms with van der Waals surface area (Å²) in [5, 5.41) is 14.1. The highest BCUT2D eigenvalue weighted by atomic mass is 16.6. The lowest BCUT2D eigenvalue weighted by Crippen LogP contribution is -2.21. The molecule has 1 saturated carbocycles. The van der Waals surface area contributed by atoms with Gasteiger partial charge in [0.25, 0.3) is 0 Å². The van der Waals surface area contributed by atoms with Crippen LogP contribution in [0.25, 0.3) is 0 Å². The lowest BCUT2D eigenvalue weighted by atomic mass is 10.1. The van der Waals surface area contributed by atoms with Crippen molar-refractivity contribution in [3.8, 4) is 0 Å². The molecule has 0 saturated heterocycles. The topological polar surface area (TPSA) is 94.1 Å². The summed E-state index contributed by atoms with van der Waals surface area (Å²) in [6.07, 6.45) is 4.50. The Labute approximate surface area is 106 Å². The second kappa shape index (κ2) is 5.20. The van der Waals surface area contributed by atoms with Crippen molar-refractivity contribution in [2.75, 3.05) is 11.1 Å². The number of hydrogen-bond donors (Lipinski definition) is 2. The number of nitrogens with two attached hydrogens (primary N) is 1. The molecule has 18 heavy (non-hydrogen) atoms.